The molecule has 11 aliphatic carbocycles. The van der Waals surface area contributed by atoms with Crippen molar-refractivity contribution in [1.82, 2.24) is 37.2 Å². The average Bonchev–Trinajstić information content (AvgIpc) is 0.855. The number of carbonyl (C=O) groups excluding carboxylic acids is 13. The molecule has 0 aromatic heterocycles. The number of amides is 7. The number of terminal acetylenes is 1. The van der Waals surface area contributed by atoms with Gasteiger partial charge < -0.3 is 79.8 Å². The fraction of sp³-hybridized carbons (Fsp3) is 0.578. The Morgan fingerprint density at radius 2 is 0.727 bits per heavy atom. The summed E-state index contributed by atoms with van der Waals surface area (Å²) < 4.78 is 47.3. The van der Waals surface area contributed by atoms with Crippen molar-refractivity contribution in [3.63, 3.8) is 0 Å². The molecule has 7 N–H and O–H groups in total. The van der Waals surface area contributed by atoms with E-state index in [9.17, 15) is 62.3 Å². The fourth-order valence-corrected chi connectivity index (χ4v) is 17.5. The van der Waals surface area contributed by atoms with Gasteiger partial charge in [0.05, 0.1) is 61.6 Å². The minimum absolute atomic E-state index is 0.0491. The van der Waals surface area contributed by atoms with E-state index >= 15 is 0 Å². The number of hydrogen-bond acceptors (Lipinski definition) is 23. The van der Waals surface area contributed by atoms with Gasteiger partial charge in [-0.15, -0.1) is 12.3 Å². The molecule has 11 fully saturated rings. The van der Waals surface area contributed by atoms with Gasteiger partial charge >= 0.3 is 42.7 Å². The van der Waals surface area contributed by atoms with Crippen molar-refractivity contribution in [3.05, 3.63) is 155 Å². The molecular formula is C109H145N7O22S. The lowest BCUT2D eigenvalue weighted by atomic mass is 9.84. The SMILES string of the molecule is C#CCCOC(=O)N[C@H]1CCC1=O.CCCCC1CCC(OC(=O)N[C@H]2CCC2=O)CC1.CCCCOc1ccc(COC(=O)N[C@H]2CCC2=O)cc1.O=C(N[C@H]1CCC1=O)OCc1ccc(C2CCCCC2)cc1.O=C(N[C@H]1CCC1=O)OCc1ccc(OC2CCCCC2)cc1.O=C(N[C@H]1CCC1=O)OCc1cccc(-c2ccccc2)c1.O=C(N[C@H]1CCC1=S)OCCCCC1CCCCC1. The van der Waals surface area contributed by atoms with E-state index in [0.717, 1.165) is 132 Å². The second-order valence-electron chi connectivity index (χ2n) is 37.6. The van der Waals surface area contributed by atoms with Gasteiger partial charge in [-0.25, -0.2) is 33.6 Å². The number of ketones is 6. The van der Waals surface area contributed by atoms with E-state index in [0.29, 0.717) is 95.9 Å². The Morgan fingerprint density at radius 3 is 1.15 bits per heavy atom. The van der Waals surface area contributed by atoms with E-state index < -0.39 is 36.6 Å². The number of carbonyl (C=O) groups is 13. The third-order valence-corrected chi connectivity index (χ3v) is 27.5. The average molecular weight is 1940 g/mol. The topological polar surface area (TPSA) is 389 Å². The number of thiocarbonyl (C=S) groups is 1. The maximum Gasteiger partial charge on any atom is 0.408 e. The molecule has 7 atom stereocenters. The van der Waals surface area contributed by atoms with E-state index in [-0.39, 0.29) is 122 Å². The molecule has 0 bridgehead atoms. The van der Waals surface area contributed by atoms with Crippen molar-refractivity contribution in [2.75, 3.05) is 19.8 Å². The predicted octanol–water partition coefficient (Wildman–Crippen LogP) is 20.8. The lowest BCUT2D eigenvalue weighted by Gasteiger charge is -2.30. The number of unbranched alkanes of at least 4 members (excludes halogenated alkanes) is 3. The zero-order valence-corrected chi connectivity index (χ0v) is 82.0. The molecule has 11 aliphatic rings. The molecule has 0 aliphatic heterocycles. The summed E-state index contributed by atoms with van der Waals surface area (Å²) in [6.45, 7) is 6.60. The number of benzene rings is 5. The highest BCUT2D eigenvalue weighted by Gasteiger charge is 2.36. The minimum atomic E-state index is -0.562. The molecule has 0 heterocycles. The zero-order chi connectivity index (χ0) is 98.7. The summed E-state index contributed by atoms with van der Waals surface area (Å²) in [6, 6.07) is 39.4. The summed E-state index contributed by atoms with van der Waals surface area (Å²) in [5, 5.41) is 18.2. The molecule has 29 nitrogen and oxygen atoms in total. The second kappa shape index (κ2) is 61.0. The van der Waals surface area contributed by atoms with Gasteiger partial charge in [0.15, 0.2) is 34.7 Å². The van der Waals surface area contributed by atoms with Gasteiger partial charge in [0.2, 0.25) is 0 Å². The van der Waals surface area contributed by atoms with Crippen LogP contribution in [-0.2, 0) is 88.4 Å². The van der Waals surface area contributed by atoms with Gasteiger partial charge in [0.1, 0.15) is 50.6 Å². The number of nitrogens with one attached hydrogen (secondary N) is 7. The van der Waals surface area contributed by atoms with Crippen LogP contribution in [0.3, 0.4) is 0 Å². The van der Waals surface area contributed by atoms with Gasteiger partial charge in [-0.05, 0) is 222 Å². The number of alkyl carbamates (subject to hydrolysis) is 7. The van der Waals surface area contributed by atoms with Crippen LogP contribution in [-0.4, -0.2) is 157 Å². The summed E-state index contributed by atoms with van der Waals surface area (Å²) in [7, 11) is 0. The van der Waals surface area contributed by atoms with Crippen LogP contribution in [0, 0.1) is 24.2 Å². The minimum Gasteiger partial charge on any atom is -0.494 e. The van der Waals surface area contributed by atoms with Crippen LogP contribution in [0.25, 0.3) is 11.1 Å². The van der Waals surface area contributed by atoms with Crippen LogP contribution in [0.1, 0.15) is 317 Å². The maximum atomic E-state index is 11.6. The van der Waals surface area contributed by atoms with E-state index in [1.54, 1.807) is 0 Å². The van der Waals surface area contributed by atoms with E-state index in [1.807, 2.05) is 115 Å². The summed E-state index contributed by atoms with van der Waals surface area (Å²) in [4.78, 5) is 148. The van der Waals surface area contributed by atoms with Crippen LogP contribution in [0.2, 0.25) is 0 Å². The first-order valence-corrected chi connectivity index (χ1v) is 51.3. The quantitative estimate of drug-likeness (QED) is 0.00870. The summed E-state index contributed by atoms with van der Waals surface area (Å²) >= 11 is 5.08. The molecule has 0 saturated heterocycles. The molecule has 11 saturated carbocycles. The van der Waals surface area contributed by atoms with Gasteiger partial charge in [0.25, 0.3) is 0 Å². The van der Waals surface area contributed by atoms with E-state index in [4.69, 9.17) is 61.3 Å². The lowest BCUT2D eigenvalue weighted by molar-refractivity contribution is -0.127. The van der Waals surface area contributed by atoms with Crippen molar-refractivity contribution in [3.8, 4) is 35.0 Å². The van der Waals surface area contributed by atoms with Crippen LogP contribution in [0.15, 0.2) is 127 Å². The Balaban J connectivity index is 0.000000168. The Kier molecular flexibility index (Phi) is 47.9. The Bertz CT molecular complexity index is 4770. The Hall–Kier alpha value is -11.7. The summed E-state index contributed by atoms with van der Waals surface area (Å²) in [6.07, 6.45) is 45.4. The molecule has 30 heteroatoms. The van der Waals surface area contributed by atoms with Gasteiger partial charge in [-0.2, -0.15) is 0 Å². The van der Waals surface area contributed by atoms with Crippen molar-refractivity contribution >= 4 is 94.4 Å². The third-order valence-electron chi connectivity index (χ3n) is 27.0. The molecule has 139 heavy (non-hydrogen) atoms. The molecule has 7 amide bonds. The van der Waals surface area contributed by atoms with Crippen LogP contribution in [0.5, 0.6) is 11.5 Å². The second-order valence-corrected chi connectivity index (χ2v) is 38.2. The monoisotopic (exact) mass is 1940 g/mol. The zero-order valence-electron chi connectivity index (χ0n) is 81.2. The fourth-order valence-electron chi connectivity index (χ4n) is 17.2. The highest BCUT2D eigenvalue weighted by atomic mass is 32.1. The molecule has 5 aromatic rings. The van der Waals surface area contributed by atoms with Gasteiger partial charge in [-0.3, -0.25) is 28.8 Å². The molecule has 5 aromatic carbocycles. The molecule has 0 unspecified atom stereocenters. The Labute approximate surface area is 824 Å². The van der Waals surface area contributed by atoms with Gasteiger partial charge in [-0.1, -0.05) is 213 Å². The molecule has 0 spiro atoms. The smallest absolute Gasteiger partial charge is 0.408 e. The molecular weight excluding hydrogens is 1790 g/mol. The number of rotatable bonds is 34. The van der Waals surface area contributed by atoms with Crippen molar-refractivity contribution in [2.24, 2.45) is 11.8 Å². The third kappa shape index (κ3) is 40.6. The van der Waals surface area contributed by atoms with Crippen molar-refractivity contribution in [2.45, 2.75) is 370 Å². The first-order valence-electron chi connectivity index (χ1n) is 50.9. The van der Waals surface area contributed by atoms with Crippen LogP contribution >= 0.6 is 12.2 Å². The highest BCUT2D eigenvalue weighted by molar-refractivity contribution is 7.80. The van der Waals surface area contributed by atoms with E-state index in [1.165, 1.54) is 134 Å². The normalized spacial score (nSPS) is 21.5. The molecule has 754 valence electrons. The first kappa shape index (κ1) is 109. The number of ether oxygens (including phenoxy) is 9. The highest BCUT2D eigenvalue weighted by Crippen LogP contribution is 2.35. The van der Waals surface area contributed by atoms with Crippen LogP contribution < -0.4 is 46.7 Å². The summed E-state index contributed by atoms with van der Waals surface area (Å²) in [5.74, 6) is 6.95. The van der Waals surface area contributed by atoms with Crippen molar-refractivity contribution in [1.29, 1.82) is 0 Å². The maximum absolute atomic E-state index is 11.6. The molecule has 16 rings (SSSR count). The van der Waals surface area contributed by atoms with Crippen LogP contribution in [0.4, 0.5) is 33.6 Å². The Morgan fingerprint density at radius 1 is 0.338 bits per heavy atom. The van der Waals surface area contributed by atoms with Gasteiger partial charge in [0, 0.05) is 49.8 Å². The number of Topliss-reactive ketones (excluding diaryl/α,β-unsaturated/α-hetero) is 6. The first-order chi connectivity index (χ1) is 67.5. The predicted molar refractivity (Wildman–Crippen MR) is 530 cm³/mol. The summed E-state index contributed by atoms with van der Waals surface area (Å²) in [5.41, 5.74) is 7.27. The lowest BCUT2D eigenvalue weighted by Crippen LogP contribution is -2.48. The largest absolute Gasteiger partial charge is 0.494 e. The molecule has 0 radical (unpaired) electrons. The van der Waals surface area contributed by atoms with Crippen molar-refractivity contribution < 1.29 is 105 Å². The van der Waals surface area contributed by atoms with E-state index in [2.05, 4.69) is 69.1 Å². The standard InChI is InChI=1S/C18H23NO4.C18H17NO3.C18H23NO3.C16H21NO4.C15H25NO3.C15H25NO2S.C9H11NO3/c20-17-11-10-16(17)19-18(21)22-12-13-6-8-15(9-7-13)23-14-4-2-1-3-5-14;20-17-10-9-16(17)19-18(21)22-12-13-5-4-8-15(11-13)14-6-2-1-3-7-14;20-17-11-10-16(17)19-18(21)22-12-13-6-8-15(9-7-13)14-4-2-1-3-5-14;1-2-3-10-20-13-6-4-12(5-7-13)11-21-16(19)17-14-8-9-15(14)18;1-2-3-4-11-5-7-12(8-6-11)19-15(18)16-13-9-10-14(13)17;17-15(16-13-9-10-14(13)19)18-11-5-4-8-12-6-2-1-3-7-12;1-2-3-6-13-9(12)10-7-4-5-8(7)11/h6-9,14,16H,1-5,10-12H2,(H,19,21);1-8,11,16H,9-10,12H2,(H,19,21);6-9,14,16H,1-5,10-12H2,(H,19,21);4-7,14H,2-3,8-11H2,1H3,(H,17,19);11-13H,2-10H2,1H3,(H,16,18);12-13H,1-11H2,(H,16,17);1,7H,3-6H2,(H,10,12)/t3*16-;14-;11?,12?,13-;13-;7-/m0000000/s1. The number of hydrogen-bond donors (Lipinski definition) is 7.